The van der Waals surface area contributed by atoms with Crippen LogP contribution in [0.3, 0.4) is 0 Å². The van der Waals surface area contributed by atoms with Gasteiger partial charge in [0.05, 0.1) is 0 Å². The lowest BCUT2D eigenvalue weighted by atomic mass is 9.97. The Kier molecular flexibility index (Phi) is 7.67. The van der Waals surface area contributed by atoms with Crippen molar-refractivity contribution < 1.29 is 9.59 Å². The lowest BCUT2D eigenvalue weighted by Crippen LogP contribution is -1.92. The molecule has 0 atom stereocenters. The first kappa shape index (κ1) is 22.0. The molecular formula is C24H24O2S2. The predicted octanol–water partition coefficient (Wildman–Crippen LogP) is 7.03. The van der Waals surface area contributed by atoms with Gasteiger partial charge in [-0.2, -0.15) is 0 Å². The molecule has 0 spiro atoms. The first-order valence-corrected chi connectivity index (χ1v) is 10.5. The molecule has 0 fully saturated rings. The molecule has 0 radical (unpaired) electrons. The smallest absolute Gasteiger partial charge is 0.219 e. The summed E-state index contributed by atoms with van der Waals surface area (Å²) in [5.74, 6) is 0. The molecule has 2 nitrogen and oxygen atoms in total. The lowest BCUT2D eigenvalue weighted by molar-refractivity contribution is -0.108. The topological polar surface area (TPSA) is 34.1 Å². The molecule has 0 heterocycles. The molecule has 2 aromatic rings. The van der Waals surface area contributed by atoms with Crippen LogP contribution >= 0.6 is 23.5 Å². The number of hydrogen-bond donors (Lipinski definition) is 0. The van der Waals surface area contributed by atoms with E-state index < -0.39 is 0 Å². The molecule has 0 bridgehead atoms. The molecular weight excluding hydrogens is 384 g/mol. The molecule has 0 aliphatic rings. The molecule has 0 aromatic heterocycles. The highest BCUT2D eigenvalue weighted by atomic mass is 32.2. The summed E-state index contributed by atoms with van der Waals surface area (Å²) in [6, 6.07) is 16.0. The van der Waals surface area contributed by atoms with Crippen LogP contribution in [0.15, 0.2) is 82.6 Å². The number of benzene rings is 2. The van der Waals surface area contributed by atoms with Crippen molar-refractivity contribution in [3.63, 3.8) is 0 Å². The van der Waals surface area contributed by atoms with Crippen LogP contribution in [0.1, 0.15) is 38.8 Å². The fraction of sp³-hybridized carbons (Fsp3) is 0.167. The van der Waals surface area contributed by atoms with Gasteiger partial charge in [0.25, 0.3) is 0 Å². The molecule has 0 N–H and O–H groups in total. The Morgan fingerprint density at radius 2 is 0.893 bits per heavy atom. The van der Waals surface area contributed by atoms with Gasteiger partial charge >= 0.3 is 0 Å². The Balaban J connectivity index is 2.17. The van der Waals surface area contributed by atoms with Gasteiger partial charge in [-0.05, 0) is 109 Å². The van der Waals surface area contributed by atoms with E-state index in [1.54, 1.807) is 13.8 Å². The number of hydrogen-bond acceptors (Lipinski definition) is 4. The highest BCUT2D eigenvalue weighted by Crippen LogP contribution is 2.30. The highest BCUT2D eigenvalue weighted by Gasteiger charge is 2.09. The van der Waals surface area contributed by atoms with Crippen molar-refractivity contribution in [2.75, 3.05) is 0 Å². The van der Waals surface area contributed by atoms with E-state index in [1.807, 2.05) is 48.5 Å². The fourth-order valence-electron chi connectivity index (χ4n) is 2.37. The van der Waals surface area contributed by atoms with E-state index >= 15 is 0 Å². The van der Waals surface area contributed by atoms with Crippen LogP contribution in [0.2, 0.25) is 0 Å². The second kappa shape index (κ2) is 9.76. The quantitative estimate of drug-likeness (QED) is 0.292. The van der Waals surface area contributed by atoms with Crippen LogP contribution in [-0.2, 0) is 9.59 Å². The lowest BCUT2D eigenvalue weighted by Gasteiger charge is -2.10. The van der Waals surface area contributed by atoms with Gasteiger partial charge in [-0.15, -0.1) is 0 Å². The van der Waals surface area contributed by atoms with E-state index in [0.29, 0.717) is 11.1 Å². The van der Waals surface area contributed by atoms with E-state index in [9.17, 15) is 9.59 Å². The van der Waals surface area contributed by atoms with Gasteiger partial charge in [0, 0.05) is 9.79 Å². The van der Waals surface area contributed by atoms with Crippen molar-refractivity contribution >= 4 is 44.9 Å². The van der Waals surface area contributed by atoms with Crippen molar-refractivity contribution in [3.05, 3.63) is 84.0 Å². The zero-order valence-electron chi connectivity index (χ0n) is 16.7. The SMILES string of the molecule is C=C(C)C(=O)Sc1ccc(/C(C)=C(\C)c2ccc(SC(=O)C(=C)C)cc2)cc1. The second-order valence-electron chi connectivity index (χ2n) is 6.64. The maximum atomic E-state index is 11.8. The zero-order chi connectivity index (χ0) is 20.8. The van der Waals surface area contributed by atoms with E-state index in [-0.39, 0.29) is 10.2 Å². The Hall–Kier alpha value is -2.30. The van der Waals surface area contributed by atoms with Crippen molar-refractivity contribution in [3.8, 4) is 0 Å². The van der Waals surface area contributed by atoms with E-state index in [4.69, 9.17) is 0 Å². The molecule has 2 rings (SSSR count). The monoisotopic (exact) mass is 408 g/mol. The third-order valence-electron chi connectivity index (χ3n) is 4.26. The van der Waals surface area contributed by atoms with E-state index in [1.165, 1.54) is 34.7 Å². The standard InChI is InChI=1S/C24H24O2S2/c1-15(2)23(25)27-21-11-7-19(8-12-21)17(5)18(6)20-9-13-22(14-10-20)28-24(26)16(3)4/h7-14H,1,3H2,2,4-6H3/b18-17+. The van der Waals surface area contributed by atoms with Crippen LogP contribution in [0.5, 0.6) is 0 Å². The minimum absolute atomic E-state index is 0.0146. The number of carbonyl (C=O) groups is 2. The summed E-state index contributed by atoms with van der Waals surface area (Å²) in [7, 11) is 0. The Morgan fingerprint density at radius 1 is 0.607 bits per heavy atom. The van der Waals surface area contributed by atoms with Gasteiger partial charge in [0.2, 0.25) is 10.2 Å². The summed E-state index contributed by atoms with van der Waals surface area (Å²) < 4.78 is 0. The van der Waals surface area contributed by atoms with Gasteiger partial charge in [0.1, 0.15) is 0 Å². The molecule has 28 heavy (non-hydrogen) atoms. The Morgan fingerprint density at radius 3 is 1.14 bits per heavy atom. The first-order valence-electron chi connectivity index (χ1n) is 8.82. The molecule has 0 saturated carbocycles. The number of carbonyl (C=O) groups excluding carboxylic acids is 2. The molecule has 0 aliphatic heterocycles. The summed E-state index contributed by atoms with van der Waals surface area (Å²) in [5.41, 5.74) is 5.66. The third-order valence-corrected chi connectivity index (χ3v) is 6.34. The Labute approximate surface area is 175 Å². The maximum absolute atomic E-state index is 11.8. The number of allylic oxidation sites excluding steroid dienone is 2. The van der Waals surface area contributed by atoms with Gasteiger partial charge < -0.3 is 0 Å². The number of thioether (sulfide) groups is 2. The average Bonchev–Trinajstić information content (AvgIpc) is 2.67. The van der Waals surface area contributed by atoms with Crippen LogP contribution < -0.4 is 0 Å². The summed E-state index contributed by atoms with van der Waals surface area (Å²) in [6.07, 6.45) is 0. The predicted molar refractivity (Wildman–Crippen MR) is 122 cm³/mol. The van der Waals surface area contributed by atoms with Gasteiger partial charge in [-0.25, -0.2) is 0 Å². The largest absolute Gasteiger partial charge is 0.282 e. The molecule has 0 unspecified atom stereocenters. The van der Waals surface area contributed by atoms with Crippen molar-refractivity contribution in [1.29, 1.82) is 0 Å². The van der Waals surface area contributed by atoms with Crippen molar-refractivity contribution in [1.82, 2.24) is 0 Å². The third kappa shape index (κ3) is 5.85. The Bertz CT molecular complexity index is 870. The molecule has 4 heteroatoms. The summed E-state index contributed by atoms with van der Waals surface area (Å²) in [5, 5.41) is -0.0291. The fourth-order valence-corrected chi connectivity index (χ4v) is 3.69. The molecule has 0 saturated heterocycles. The maximum Gasteiger partial charge on any atom is 0.219 e. The van der Waals surface area contributed by atoms with Crippen LogP contribution in [0, 0.1) is 0 Å². The van der Waals surface area contributed by atoms with E-state index in [0.717, 1.165) is 20.9 Å². The van der Waals surface area contributed by atoms with Crippen LogP contribution in [0.25, 0.3) is 11.1 Å². The van der Waals surface area contributed by atoms with Gasteiger partial charge in [-0.1, -0.05) is 37.4 Å². The number of rotatable bonds is 6. The normalized spacial score (nSPS) is 11.6. The van der Waals surface area contributed by atoms with Gasteiger partial charge in [-0.3, -0.25) is 9.59 Å². The van der Waals surface area contributed by atoms with Crippen molar-refractivity contribution in [2.24, 2.45) is 0 Å². The van der Waals surface area contributed by atoms with Crippen LogP contribution in [0.4, 0.5) is 0 Å². The highest BCUT2D eigenvalue weighted by molar-refractivity contribution is 8.14. The van der Waals surface area contributed by atoms with Crippen molar-refractivity contribution in [2.45, 2.75) is 37.5 Å². The van der Waals surface area contributed by atoms with Gasteiger partial charge in [0.15, 0.2) is 0 Å². The average molecular weight is 409 g/mol. The molecule has 0 aliphatic carbocycles. The molecule has 0 amide bonds. The second-order valence-corrected chi connectivity index (χ2v) is 8.73. The molecule has 2 aromatic carbocycles. The zero-order valence-corrected chi connectivity index (χ0v) is 18.3. The summed E-state index contributed by atoms with van der Waals surface area (Å²) in [4.78, 5) is 25.4. The van der Waals surface area contributed by atoms with Crippen LogP contribution in [-0.4, -0.2) is 10.2 Å². The minimum Gasteiger partial charge on any atom is -0.282 e. The summed E-state index contributed by atoms with van der Waals surface area (Å²) >= 11 is 2.39. The molecule has 144 valence electrons. The van der Waals surface area contributed by atoms with E-state index in [2.05, 4.69) is 27.0 Å². The summed E-state index contributed by atoms with van der Waals surface area (Å²) in [6.45, 7) is 15.0. The first-order chi connectivity index (χ1) is 13.2. The minimum atomic E-state index is -0.0146.